The lowest BCUT2D eigenvalue weighted by Crippen LogP contribution is -2.47. The molecule has 3 N–H and O–H groups in total. The maximum Gasteiger partial charge on any atom is 0.191 e. The highest BCUT2D eigenvalue weighted by molar-refractivity contribution is 14.0. The van der Waals surface area contributed by atoms with Crippen molar-refractivity contribution in [2.24, 2.45) is 4.99 Å². The Kier molecular flexibility index (Phi) is 9.93. The molecule has 0 amide bonds. The van der Waals surface area contributed by atoms with Gasteiger partial charge in [0.1, 0.15) is 0 Å². The number of guanidine groups is 1. The summed E-state index contributed by atoms with van der Waals surface area (Å²) in [6.45, 7) is 3.53. The first-order chi connectivity index (χ1) is 13.2. The molecule has 1 aromatic heterocycles. The normalized spacial score (nSPS) is 21.0. The molecule has 1 fully saturated rings. The smallest absolute Gasteiger partial charge is 0.191 e. The summed E-state index contributed by atoms with van der Waals surface area (Å²) in [5, 5.41) is 11.5. The minimum absolute atomic E-state index is 0. The number of hydrogen-bond donors (Lipinski definition) is 3. The van der Waals surface area contributed by atoms with E-state index in [4.69, 9.17) is 0 Å². The Morgan fingerprint density at radius 3 is 2.89 bits per heavy atom. The monoisotopic (exact) mass is 535 g/mol. The van der Waals surface area contributed by atoms with E-state index in [1.807, 2.05) is 25.1 Å². The van der Waals surface area contributed by atoms with Gasteiger partial charge in [0.05, 0.1) is 10.2 Å². The number of fused-ring (bicyclic) bond motifs is 1. The van der Waals surface area contributed by atoms with Gasteiger partial charge in [0, 0.05) is 48.0 Å². The fraction of sp³-hybridized carbons (Fsp3) is 0.579. The predicted molar refractivity (Wildman–Crippen MR) is 133 cm³/mol. The van der Waals surface area contributed by atoms with E-state index in [-0.39, 0.29) is 24.0 Å². The maximum absolute atomic E-state index is 12.1. The fourth-order valence-corrected chi connectivity index (χ4v) is 5.68. The Hall–Kier alpha value is -0.940. The summed E-state index contributed by atoms with van der Waals surface area (Å²) in [6, 6.07) is 8.51. The molecule has 1 aliphatic carbocycles. The molecule has 0 aliphatic heterocycles. The number of nitrogens with one attached hydrogen (secondary N) is 3. The molecule has 1 aromatic carbocycles. The van der Waals surface area contributed by atoms with Gasteiger partial charge in [0.15, 0.2) is 11.1 Å². The summed E-state index contributed by atoms with van der Waals surface area (Å²) in [6.07, 6.45) is 4.29. The molecular formula is C19H30IN5OS2. The number of nitrogens with zero attached hydrogens (tertiary/aromatic N) is 2. The quantitative estimate of drug-likeness (QED) is 0.219. The van der Waals surface area contributed by atoms with E-state index in [2.05, 4.69) is 32.0 Å². The first kappa shape index (κ1) is 23.3. The van der Waals surface area contributed by atoms with E-state index in [0.717, 1.165) is 61.1 Å². The molecular weight excluding hydrogens is 505 g/mol. The molecule has 1 heterocycles. The van der Waals surface area contributed by atoms with Crippen LogP contribution < -0.4 is 16.0 Å². The number of halogens is 1. The molecule has 1 saturated carbocycles. The molecule has 2 aromatic rings. The molecule has 0 spiro atoms. The second-order valence-corrected chi connectivity index (χ2v) is 9.75. The number of aliphatic imine (C=N–C) groups is 1. The van der Waals surface area contributed by atoms with Gasteiger partial charge in [-0.15, -0.1) is 24.0 Å². The summed E-state index contributed by atoms with van der Waals surface area (Å²) in [7, 11) is 1.09. The molecule has 6 nitrogen and oxygen atoms in total. The van der Waals surface area contributed by atoms with E-state index in [9.17, 15) is 4.21 Å². The van der Waals surface area contributed by atoms with Crippen LogP contribution in [0, 0.1) is 0 Å². The summed E-state index contributed by atoms with van der Waals surface area (Å²) < 4.78 is 13.3. The van der Waals surface area contributed by atoms with Crippen LogP contribution in [0.5, 0.6) is 0 Å². The van der Waals surface area contributed by atoms with Crippen molar-refractivity contribution in [2.45, 2.75) is 43.9 Å². The number of hydrogen-bond acceptors (Lipinski definition) is 5. The molecule has 9 heteroatoms. The number of benzene rings is 1. The van der Waals surface area contributed by atoms with E-state index in [1.165, 1.54) is 4.70 Å². The number of para-hydroxylation sites is 1. The Morgan fingerprint density at radius 1 is 1.32 bits per heavy atom. The standard InChI is InChI=1S/C19H29N5OS2.HI/c1-3-27(25)15-8-6-7-14(13-15)23-18(20-2)21-11-12-22-19-24-16-9-4-5-10-17(16)26-19;/h4-5,9-10,14-15H,3,6-8,11-13H2,1-2H3,(H,22,24)(H2,20,21,23);1H. The molecule has 3 atom stereocenters. The summed E-state index contributed by atoms with van der Waals surface area (Å²) in [5.41, 5.74) is 1.03. The zero-order valence-corrected chi connectivity index (χ0v) is 20.4. The van der Waals surface area contributed by atoms with Crippen molar-refractivity contribution in [1.82, 2.24) is 15.6 Å². The zero-order valence-electron chi connectivity index (χ0n) is 16.4. The largest absolute Gasteiger partial charge is 0.360 e. The topological polar surface area (TPSA) is 78.4 Å². The second-order valence-electron chi connectivity index (χ2n) is 6.71. The third-order valence-corrected chi connectivity index (χ3v) is 7.57. The van der Waals surface area contributed by atoms with Gasteiger partial charge < -0.3 is 16.0 Å². The lowest BCUT2D eigenvalue weighted by molar-refractivity contribution is 0.413. The number of anilines is 1. The van der Waals surface area contributed by atoms with Gasteiger partial charge >= 0.3 is 0 Å². The van der Waals surface area contributed by atoms with Crippen LogP contribution in [0.3, 0.4) is 0 Å². The minimum Gasteiger partial charge on any atom is -0.360 e. The van der Waals surface area contributed by atoms with Gasteiger partial charge in [-0.1, -0.05) is 36.8 Å². The lowest BCUT2D eigenvalue weighted by atomic mass is 9.95. The first-order valence-corrected chi connectivity index (χ1v) is 11.8. The van der Waals surface area contributed by atoms with Crippen molar-refractivity contribution in [3.63, 3.8) is 0 Å². The van der Waals surface area contributed by atoms with Crippen LogP contribution in [-0.2, 0) is 10.8 Å². The SMILES string of the molecule is CCS(=O)C1CCCC(NC(=NC)NCCNc2nc3ccccc3s2)C1.I. The van der Waals surface area contributed by atoms with Crippen molar-refractivity contribution in [2.75, 3.05) is 31.2 Å². The van der Waals surface area contributed by atoms with Crippen LogP contribution in [-0.4, -0.2) is 52.3 Å². The Labute approximate surface area is 190 Å². The van der Waals surface area contributed by atoms with Gasteiger partial charge in [-0.05, 0) is 31.4 Å². The summed E-state index contributed by atoms with van der Waals surface area (Å²) in [5.74, 6) is 1.57. The van der Waals surface area contributed by atoms with E-state index < -0.39 is 10.8 Å². The summed E-state index contributed by atoms with van der Waals surface area (Å²) in [4.78, 5) is 8.91. The van der Waals surface area contributed by atoms with Crippen LogP contribution in [0.15, 0.2) is 29.3 Å². The highest BCUT2D eigenvalue weighted by Gasteiger charge is 2.25. The molecule has 0 saturated heterocycles. The van der Waals surface area contributed by atoms with Crippen molar-refractivity contribution < 1.29 is 4.21 Å². The van der Waals surface area contributed by atoms with Crippen molar-refractivity contribution in [1.29, 1.82) is 0 Å². The van der Waals surface area contributed by atoms with Crippen LogP contribution >= 0.6 is 35.3 Å². The van der Waals surface area contributed by atoms with Crippen LogP contribution in [0.4, 0.5) is 5.13 Å². The second kappa shape index (κ2) is 11.9. The summed E-state index contributed by atoms with van der Waals surface area (Å²) >= 11 is 1.67. The average molecular weight is 536 g/mol. The Bertz CT molecular complexity index is 764. The lowest BCUT2D eigenvalue weighted by Gasteiger charge is -2.30. The van der Waals surface area contributed by atoms with Gasteiger partial charge in [-0.25, -0.2) is 4.98 Å². The average Bonchev–Trinajstić information content (AvgIpc) is 3.12. The van der Waals surface area contributed by atoms with Crippen molar-refractivity contribution in [3.05, 3.63) is 24.3 Å². The molecule has 1 aliphatic rings. The molecule has 0 radical (unpaired) electrons. The Morgan fingerprint density at radius 2 is 2.14 bits per heavy atom. The van der Waals surface area contributed by atoms with Gasteiger partial charge in [0.2, 0.25) is 0 Å². The highest BCUT2D eigenvalue weighted by atomic mass is 127. The number of thiazole rings is 1. The van der Waals surface area contributed by atoms with Gasteiger partial charge in [-0.2, -0.15) is 0 Å². The van der Waals surface area contributed by atoms with E-state index in [0.29, 0.717) is 11.3 Å². The van der Waals surface area contributed by atoms with Crippen LogP contribution in [0.2, 0.25) is 0 Å². The predicted octanol–water partition coefficient (Wildman–Crippen LogP) is 3.57. The molecule has 28 heavy (non-hydrogen) atoms. The molecule has 156 valence electrons. The number of rotatable bonds is 7. The van der Waals surface area contributed by atoms with Gasteiger partial charge in [-0.3, -0.25) is 9.20 Å². The van der Waals surface area contributed by atoms with E-state index >= 15 is 0 Å². The number of aromatic nitrogens is 1. The van der Waals surface area contributed by atoms with Crippen molar-refractivity contribution in [3.8, 4) is 0 Å². The fourth-order valence-electron chi connectivity index (χ4n) is 3.44. The third kappa shape index (κ3) is 6.55. The van der Waals surface area contributed by atoms with E-state index in [1.54, 1.807) is 18.4 Å². The Balaban J connectivity index is 0.00000280. The first-order valence-electron chi connectivity index (χ1n) is 9.63. The zero-order chi connectivity index (χ0) is 19.1. The molecule has 0 bridgehead atoms. The highest BCUT2D eigenvalue weighted by Crippen LogP contribution is 2.25. The minimum atomic E-state index is -0.702. The molecule has 3 rings (SSSR count). The van der Waals surface area contributed by atoms with Crippen molar-refractivity contribution >= 4 is 67.4 Å². The maximum atomic E-state index is 12.1. The molecule has 3 unspecified atom stereocenters. The third-order valence-electron chi connectivity index (χ3n) is 4.83. The van der Waals surface area contributed by atoms with Crippen LogP contribution in [0.1, 0.15) is 32.6 Å². The van der Waals surface area contributed by atoms with Gasteiger partial charge in [0.25, 0.3) is 0 Å². The van der Waals surface area contributed by atoms with Crippen LogP contribution in [0.25, 0.3) is 10.2 Å².